The molecule has 0 atom stereocenters. The van der Waals surface area contributed by atoms with Crippen LogP contribution in [0.5, 0.6) is 0 Å². The highest BCUT2D eigenvalue weighted by Gasteiger charge is 2.22. The summed E-state index contributed by atoms with van der Waals surface area (Å²) >= 11 is 0. The number of carbonyl (C=O) groups is 1. The molecule has 23 heavy (non-hydrogen) atoms. The first-order valence-electron chi connectivity index (χ1n) is 7.52. The van der Waals surface area contributed by atoms with Crippen LogP contribution < -0.4 is 0 Å². The van der Waals surface area contributed by atoms with Gasteiger partial charge >= 0.3 is 5.97 Å². The maximum atomic E-state index is 13.0. The van der Waals surface area contributed by atoms with E-state index in [2.05, 4.69) is 13.8 Å². The van der Waals surface area contributed by atoms with Gasteiger partial charge in [-0.3, -0.25) is 0 Å². The lowest BCUT2D eigenvalue weighted by molar-refractivity contribution is 0.0516. The van der Waals surface area contributed by atoms with Gasteiger partial charge in [0.15, 0.2) is 0 Å². The predicted molar refractivity (Wildman–Crippen MR) is 87.4 cm³/mol. The molecular weight excluding hydrogens is 295 g/mol. The largest absolute Gasteiger partial charge is 0.461 e. The van der Waals surface area contributed by atoms with Gasteiger partial charge < -0.3 is 9.30 Å². The molecule has 1 heterocycles. The first-order valence-corrected chi connectivity index (χ1v) is 7.52. The molecule has 0 spiro atoms. The zero-order valence-electron chi connectivity index (χ0n) is 13.9. The first-order chi connectivity index (χ1) is 11.0. The Labute approximate surface area is 136 Å². The number of hydrogen-bond donors (Lipinski definition) is 0. The number of hydrogen-bond acceptors (Lipinski definition) is 3. The lowest BCUT2D eigenvalue weighted by Gasteiger charge is -2.07. The maximum Gasteiger partial charge on any atom is 0.355 e. The van der Waals surface area contributed by atoms with Gasteiger partial charge in [0.2, 0.25) is 0 Å². The molecule has 4 nitrogen and oxygen atoms in total. The molecular formula is C18H21FN2O2. The van der Waals surface area contributed by atoms with Crippen LogP contribution >= 0.6 is 0 Å². The number of carbonyl (C=O) groups excluding carboxylic acids is 1. The van der Waals surface area contributed by atoms with E-state index < -0.39 is 5.97 Å². The van der Waals surface area contributed by atoms with E-state index in [4.69, 9.17) is 4.74 Å². The Bertz CT molecular complexity index is 697. The topological polar surface area (TPSA) is 55.0 Å². The first kappa shape index (κ1) is 18.4. The Morgan fingerprint density at radius 3 is 2.30 bits per heavy atom. The smallest absolute Gasteiger partial charge is 0.355 e. The van der Waals surface area contributed by atoms with Crippen LogP contribution in [0, 0.1) is 17.1 Å². The van der Waals surface area contributed by atoms with Crippen molar-refractivity contribution in [2.45, 2.75) is 27.2 Å². The number of aryl methyl sites for hydroxylation is 1. The van der Waals surface area contributed by atoms with Gasteiger partial charge in [0.05, 0.1) is 12.2 Å². The predicted octanol–water partition coefficient (Wildman–Crippen LogP) is 4.30. The molecule has 0 N–H and O–H groups in total. The number of aromatic nitrogens is 1. The SMILES string of the molecule is CCC.CCOC(=O)c1c(-c2ccc(F)cc2)c(C#N)cn1C. The quantitative estimate of drug-likeness (QED) is 0.793. The van der Waals surface area contributed by atoms with Crippen LogP contribution in [0.15, 0.2) is 30.5 Å². The molecule has 0 bridgehead atoms. The molecule has 0 aliphatic heterocycles. The van der Waals surface area contributed by atoms with Gasteiger partial charge in [-0.2, -0.15) is 5.26 Å². The lowest BCUT2D eigenvalue weighted by Crippen LogP contribution is -2.10. The van der Waals surface area contributed by atoms with Crippen LogP contribution in [-0.2, 0) is 11.8 Å². The van der Waals surface area contributed by atoms with E-state index in [0.717, 1.165) is 0 Å². The number of esters is 1. The average molecular weight is 316 g/mol. The summed E-state index contributed by atoms with van der Waals surface area (Å²) in [5.74, 6) is -0.878. The number of rotatable bonds is 3. The molecule has 0 saturated heterocycles. The highest BCUT2D eigenvalue weighted by molar-refractivity contribution is 5.97. The summed E-state index contributed by atoms with van der Waals surface area (Å²) < 4.78 is 19.6. The molecule has 1 aromatic carbocycles. The summed E-state index contributed by atoms with van der Waals surface area (Å²) in [6.45, 7) is 6.21. The summed E-state index contributed by atoms with van der Waals surface area (Å²) in [7, 11) is 1.67. The van der Waals surface area contributed by atoms with Gasteiger partial charge in [-0.1, -0.05) is 32.4 Å². The minimum atomic E-state index is -0.504. The number of benzene rings is 1. The van der Waals surface area contributed by atoms with Crippen LogP contribution in [0.1, 0.15) is 43.2 Å². The molecule has 0 aliphatic carbocycles. The maximum absolute atomic E-state index is 13.0. The van der Waals surface area contributed by atoms with Crippen molar-refractivity contribution >= 4 is 5.97 Å². The number of ether oxygens (including phenoxy) is 1. The molecule has 0 radical (unpaired) electrons. The van der Waals surface area contributed by atoms with Crippen molar-refractivity contribution in [3.63, 3.8) is 0 Å². The third-order valence-corrected chi connectivity index (χ3v) is 2.90. The van der Waals surface area contributed by atoms with E-state index in [1.54, 1.807) is 24.7 Å². The fraction of sp³-hybridized carbons (Fsp3) is 0.333. The molecule has 0 fully saturated rings. The standard InChI is InChI=1S/C15H13FN2O2.C3H8/c1-3-20-15(19)14-13(11(8-17)9-18(14)2)10-4-6-12(16)7-5-10;1-3-2/h4-7,9H,3H2,1-2H3;3H2,1-2H3. The number of halogens is 1. The fourth-order valence-corrected chi connectivity index (χ4v) is 2.07. The van der Waals surface area contributed by atoms with Crippen molar-refractivity contribution in [1.29, 1.82) is 5.26 Å². The Morgan fingerprint density at radius 1 is 1.26 bits per heavy atom. The highest BCUT2D eigenvalue weighted by Crippen LogP contribution is 2.29. The third-order valence-electron chi connectivity index (χ3n) is 2.90. The van der Waals surface area contributed by atoms with E-state index in [9.17, 15) is 14.4 Å². The Hall–Kier alpha value is -2.61. The van der Waals surface area contributed by atoms with E-state index in [-0.39, 0.29) is 18.1 Å². The summed E-state index contributed by atoms with van der Waals surface area (Å²) in [6, 6.07) is 7.70. The van der Waals surface area contributed by atoms with Gasteiger partial charge in [-0.25, -0.2) is 9.18 Å². The minimum absolute atomic E-state index is 0.245. The molecule has 0 saturated carbocycles. The van der Waals surface area contributed by atoms with Crippen molar-refractivity contribution in [1.82, 2.24) is 4.57 Å². The number of nitriles is 1. The normalized spacial score (nSPS) is 9.57. The lowest BCUT2D eigenvalue weighted by atomic mass is 10.0. The number of nitrogens with zero attached hydrogens (tertiary/aromatic N) is 2. The van der Waals surface area contributed by atoms with Gasteiger partial charge in [-0.05, 0) is 24.6 Å². The average Bonchev–Trinajstić information content (AvgIpc) is 2.86. The van der Waals surface area contributed by atoms with Crippen LogP contribution in [0.4, 0.5) is 4.39 Å². The van der Waals surface area contributed by atoms with Crippen LogP contribution in [-0.4, -0.2) is 17.1 Å². The zero-order valence-corrected chi connectivity index (χ0v) is 13.9. The van der Waals surface area contributed by atoms with E-state index in [0.29, 0.717) is 16.7 Å². The van der Waals surface area contributed by atoms with Gasteiger partial charge in [0, 0.05) is 18.8 Å². The summed E-state index contributed by atoms with van der Waals surface area (Å²) in [5, 5.41) is 9.19. The van der Waals surface area contributed by atoms with Gasteiger partial charge in [-0.15, -0.1) is 0 Å². The summed E-state index contributed by atoms with van der Waals surface area (Å²) in [6.07, 6.45) is 2.81. The van der Waals surface area contributed by atoms with Crippen LogP contribution in [0.25, 0.3) is 11.1 Å². The molecule has 2 aromatic rings. The minimum Gasteiger partial charge on any atom is -0.461 e. The fourth-order valence-electron chi connectivity index (χ4n) is 2.07. The zero-order chi connectivity index (χ0) is 17.4. The van der Waals surface area contributed by atoms with Crippen LogP contribution in [0.3, 0.4) is 0 Å². The Morgan fingerprint density at radius 2 is 1.83 bits per heavy atom. The van der Waals surface area contributed by atoms with E-state index in [1.165, 1.54) is 30.7 Å². The molecule has 0 unspecified atom stereocenters. The monoisotopic (exact) mass is 316 g/mol. The second kappa shape index (κ2) is 8.74. The summed E-state index contributed by atoms with van der Waals surface area (Å²) in [4.78, 5) is 12.0. The Kier molecular flexibility index (Phi) is 7.01. The molecule has 5 heteroatoms. The molecule has 0 amide bonds. The van der Waals surface area contributed by atoms with E-state index >= 15 is 0 Å². The highest BCUT2D eigenvalue weighted by atomic mass is 19.1. The second-order valence-corrected chi connectivity index (χ2v) is 4.92. The van der Waals surface area contributed by atoms with Crippen molar-refractivity contribution in [2.75, 3.05) is 6.61 Å². The molecule has 1 aromatic heterocycles. The molecule has 122 valence electrons. The van der Waals surface area contributed by atoms with Gasteiger partial charge in [0.1, 0.15) is 17.6 Å². The Balaban J connectivity index is 0.000000816. The van der Waals surface area contributed by atoms with E-state index in [1.807, 2.05) is 6.07 Å². The van der Waals surface area contributed by atoms with Crippen molar-refractivity contribution in [3.05, 3.63) is 47.5 Å². The molecule has 0 aliphatic rings. The van der Waals surface area contributed by atoms with Crippen molar-refractivity contribution in [2.24, 2.45) is 7.05 Å². The van der Waals surface area contributed by atoms with Gasteiger partial charge in [0.25, 0.3) is 0 Å². The molecule has 2 rings (SSSR count). The van der Waals surface area contributed by atoms with Crippen molar-refractivity contribution < 1.29 is 13.9 Å². The van der Waals surface area contributed by atoms with Crippen LogP contribution in [0.2, 0.25) is 0 Å². The summed E-state index contributed by atoms with van der Waals surface area (Å²) in [5.41, 5.74) is 1.71. The third kappa shape index (κ3) is 4.43. The van der Waals surface area contributed by atoms with Crippen molar-refractivity contribution in [3.8, 4) is 17.2 Å². The second-order valence-electron chi connectivity index (χ2n) is 4.92.